The number of hydrogen-bond acceptors (Lipinski definition) is 3. The summed E-state index contributed by atoms with van der Waals surface area (Å²) in [5.74, 6) is -0.350. The van der Waals surface area contributed by atoms with Crippen molar-refractivity contribution in [2.75, 3.05) is 5.32 Å². The Bertz CT molecular complexity index is 514. The minimum atomic E-state index is -0.350. The zero-order valence-corrected chi connectivity index (χ0v) is 10.2. The summed E-state index contributed by atoms with van der Waals surface area (Å²) in [6.45, 7) is 0. The second-order valence-electron chi connectivity index (χ2n) is 2.96. The van der Waals surface area contributed by atoms with Crippen molar-refractivity contribution in [1.82, 2.24) is 5.16 Å². The lowest BCUT2D eigenvalue weighted by Gasteiger charge is -2.05. The van der Waals surface area contributed by atoms with E-state index in [0.717, 1.165) is 4.47 Å². The molecular formula is C10H6BrClN2O2. The highest BCUT2D eigenvalue weighted by Gasteiger charge is 2.11. The molecule has 0 saturated heterocycles. The summed E-state index contributed by atoms with van der Waals surface area (Å²) < 4.78 is 5.32. The molecule has 0 spiro atoms. The van der Waals surface area contributed by atoms with Gasteiger partial charge in [0, 0.05) is 15.6 Å². The number of aromatic nitrogens is 1. The van der Waals surface area contributed by atoms with Crippen molar-refractivity contribution < 1.29 is 9.32 Å². The lowest BCUT2D eigenvalue weighted by molar-refractivity contribution is 0.101. The maximum Gasteiger partial charge on any atom is 0.277 e. The molecular weight excluding hydrogens is 295 g/mol. The van der Waals surface area contributed by atoms with Gasteiger partial charge in [0.2, 0.25) is 0 Å². The predicted molar refractivity (Wildman–Crippen MR) is 63.6 cm³/mol. The Balaban J connectivity index is 2.21. The van der Waals surface area contributed by atoms with Crippen LogP contribution in [-0.4, -0.2) is 11.1 Å². The monoisotopic (exact) mass is 300 g/mol. The number of benzene rings is 1. The molecule has 1 N–H and O–H groups in total. The molecule has 1 heterocycles. The van der Waals surface area contributed by atoms with Crippen LogP contribution in [0.5, 0.6) is 0 Å². The Morgan fingerprint density at radius 3 is 2.94 bits per heavy atom. The van der Waals surface area contributed by atoms with Gasteiger partial charge in [0.25, 0.3) is 5.91 Å². The maximum absolute atomic E-state index is 11.6. The summed E-state index contributed by atoms with van der Waals surface area (Å²) in [6.07, 6.45) is 1.34. The van der Waals surface area contributed by atoms with Crippen molar-refractivity contribution in [2.45, 2.75) is 0 Å². The maximum atomic E-state index is 11.6. The first kappa shape index (κ1) is 11.2. The van der Waals surface area contributed by atoms with Crippen molar-refractivity contribution in [3.63, 3.8) is 0 Å². The summed E-state index contributed by atoms with van der Waals surface area (Å²) >= 11 is 9.12. The number of amides is 1. The van der Waals surface area contributed by atoms with E-state index in [9.17, 15) is 4.79 Å². The summed E-state index contributed by atoms with van der Waals surface area (Å²) in [4.78, 5) is 11.6. The molecule has 0 bridgehead atoms. The van der Waals surface area contributed by atoms with Crippen LogP contribution in [-0.2, 0) is 0 Å². The van der Waals surface area contributed by atoms with E-state index in [1.807, 2.05) is 0 Å². The highest BCUT2D eigenvalue weighted by Crippen LogP contribution is 2.26. The van der Waals surface area contributed by atoms with Gasteiger partial charge in [0.05, 0.1) is 5.69 Å². The number of anilines is 1. The SMILES string of the molecule is O=C(Nc1cc(Cl)ccc1Br)c1ccon1. The van der Waals surface area contributed by atoms with Crippen LogP contribution in [0.25, 0.3) is 0 Å². The smallest absolute Gasteiger partial charge is 0.277 e. The molecule has 0 aliphatic rings. The number of carbonyl (C=O) groups excluding carboxylic acids is 1. The highest BCUT2D eigenvalue weighted by atomic mass is 79.9. The van der Waals surface area contributed by atoms with Crippen LogP contribution in [0.15, 0.2) is 39.5 Å². The average molecular weight is 302 g/mol. The molecule has 2 aromatic rings. The molecule has 1 aromatic heterocycles. The van der Waals surface area contributed by atoms with Gasteiger partial charge in [-0.05, 0) is 34.1 Å². The number of rotatable bonds is 2. The van der Waals surface area contributed by atoms with Crippen LogP contribution < -0.4 is 5.32 Å². The minimum absolute atomic E-state index is 0.215. The van der Waals surface area contributed by atoms with Crippen molar-refractivity contribution >= 4 is 39.1 Å². The zero-order chi connectivity index (χ0) is 11.5. The molecule has 16 heavy (non-hydrogen) atoms. The van der Waals surface area contributed by atoms with Gasteiger partial charge in [-0.25, -0.2) is 0 Å². The predicted octanol–water partition coefficient (Wildman–Crippen LogP) is 3.34. The Labute approximate surface area is 105 Å². The van der Waals surface area contributed by atoms with Crippen LogP contribution >= 0.6 is 27.5 Å². The van der Waals surface area contributed by atoms with Gasteiger partial charge in [-0.15, -0.1) is 0 Å². The summed E-state index contributed by atoms with van der Waals surface area (Å²) in [5.41, 5.74) is 0.798. The Kier molecular flexibility index (Phi) is 3.26. The van der Waals surface area contributed by atoms with Crippen molar-refractivity contribution in [3.05, 3.63) is 45.7 Å². The second kappa shape index (κ2) is 4.67. The molecule has 4 nitrogen and oxygen atoms in total. The van der Waals surface area contributed by atoms with Crippen LogP contribution in [0.2, 0.25) is 5.02 Å². The Hall–Kier alpha value is -1.33. The highest BCUT2D eigenvalue weighted by molar-refractivity contribution is 9.10. The molecule has 0 radical (unpaired) electrons. The third kappa shape index (κ3) is 2.43. The fourth-order valence-electron chi connectivity index (χ4n) is 1.11. The first-order chi connectivity index (χ1) is 7.66. The van der Waals surface area contributed by atoms with Crippen molar-refractivity contribution in [2.24, 2.45) is 0 Å². The van der Waals surface area contributed by atoms with Crippen LogP contribution in [0.4, 0.5) is 5.69 Å². The molecule has 1 aromatic carbocycles. The average Bonchev–Trinajstić information content (AvgIpc) is 2.76. The summed E-state index contributed by atoms with van der Waals surface area (Å²) in [7, 11) is 0. The summed E-state index contributed by atoms with van der Waals surface area (Å²) in [5, 5.41) is 6.73. The first-order valence-electron chi connectivity index (χ1n) is 4.33. The molecule has 1 amide bonds. The topological polar surface area (TPSA) is 55.1 Å². The molecule has 0 fully saturated rings. The number of halogens is 2. The number of nitrogens with one attached hydrogen (secondary N) is 1. The molecule has 0 saturated carbocycles. The first-order valence-corrected chi connectivity index (χ1v) is 5.50. The molecule has 82 valence electrons. The Morgan fingerprint density at radius 1 is 1.44 bits per heavy atom. The Morgan fingerprint density at radius 2 is 2.25 bits per heavy atom. The molecule has 6 heteroatoms. The van der Waals surface area contributed by atoms with Crippen molar-refractivity contribution in [3.8, 4) is 0 Å². The minimum Gasteiger partial charge on any atom is -0.364 e. The number of carbonyl (C=O) groups is 1. The van der Waals surface area contributed by atoms with Crippen LogP contribution in [0.3, 0.4) is 0 Å². The van der Waals surface area contributed by atoms with E-state index in [2.05, 4.69) is 30.9 Å². The van der Waals surface area contributed by atoms with Gasteiger partial charge in [-0.1, -0.05) is 16.8 Å². The third-order valence-corrected chi connectivity index (χ3v) is 2.77. The number of hydrogen-bond donors (Lipinski definition) is 1. The van der Waals surface area contributed by atoms with Crippen molar-refractivity contribution in [1.29, 1.82) is 0 Å². The lowest BCUT2D eigenvalue weighted by atomic mass is 10.3. The van der Waals surface area contributed by atoms with E-state index in [-0.39, 0.29) is 11.6 Å². The van der Waals surface area contributed by atoms with Gasteiger partial charge in [-0.3, -0.25) is 4.79 Å². The quantitative estimate of drug-likeness (QED) is 0.925. The van der Waals surface area contributed by atoms with E-state index in [0.29, 0.717) is 10.7 Å². The largest absolute Gasteiger partial charge is 0.364 e. The van der Waals surface area contributed by atoms with E-state index in [1.165, 1.54) is 12.3 Å². The third-order valence-electron chi connectivity index (χ3n) is 1.85. The molecule has 0 unspecified atom stereocenters. The van der Waals surface area contributed by atoms with Gasteiger partial charge in [-0.2, -0.15) is 0 Å². The summed E-state index contributed by atoms with van der Waals surface area (Å²) in [6, 6.07) is 6.59. The molecule has 0 aliphatic carbocycles. The standard InChI is InChI=1S/C10H6BrClN2O2/c11-7-2-1-6(12)5-9(7)13-10(15)8-3-4-16-14-8/h1-5H,(H,13,15). The fraction of sp³-hybridized carbons (Fsp3) is 0. The second-order valence-corrected chi connectivity index (χ2v) is 4.25. The van der Waals surface area contributed by atoms with E-state index in [4.69, 9.17) is 11.6 Å². The van der Waals surface area contributed by atoms with Gasteiger partial charge < -0.3 is 9.84 Å². The van der Waals surface area contributed by atoms with Gasteiger partial charge in [0.15, 0.2) is 5.69 Å². The van der Waals surface area contributed by atoms with Crippen LogP contribution in [0, 0.1) is 0 Å². The number of nitrogens with zero attached hydrogens (tertiary/aromatic N) is 1. The normalized spacial score (nSPS) is 10.1. The van der Waals surface area contributed by atoms with E-state index in [1.54, 1.807) is 18.2 Å². The molecule has 0 atom stereocenters. The van der Waals surface area contributed by atoms with E-state index < -0.39 is 0 Å². The molecule has 0 aliphatic heterocycles. The van der Waals surface area contributed by atoms with E-state index >= 15 is 0 Å². The van der Waals surface area contributed by atoms with Gasteiger partial charge in [0.1, 0.15) is 6.26 Å². The van der Waals surface area contributed by atoms with Gasteiger partial charge >= 0.3 is 0 Å². The lowest BCUT2D eigenvalue weighted by Crippen LogP contribution is -2.12. The molecule has 2 rings (SSSR count). The zero-order valence-electron chi connectivity index (χ0n) is 7.91. The fourth-order valence-corrected chi connectivity index (χ4v) is 1.63. The van der Waals surface area contributed by atoms with Crippen LogP contribution in [0.1, 0.15) is 10.5 Å².